The molecule has 100 valence electrons. The number of nitrogens with one attached hydrogen (secondary N) is 2. The summed E-state index contributed by atoms with van der Waals surface area (Å²) in [6.45, 7) is 4.01. The summed E-state index contributed by atoms with van der Waals surface area (Å²) in [6.07, 6.45) is 1.56. The molecule has 0 atom stereocenters. The smallest absolute Gasteiger partial charge is 0.391 e. The number of aromatic nitrogens is 3. The van der Waals surface area contributed by atoms with Crippen LogP contribution in [0.5, 0.6) is 0 Å². The molecule has 0 radical (unpaired) electrons. The van der Waals surface area contributed by atoms with Crippen molar-refractivity contribution in [2.45, 2.75) is 26.3 Å². The van der Waals surface area contributed by atoms with E-state index >= 15 is 0 Å². The number of carbonyl (C=O) groups excluding carboxylic acids is 1. The monoisotopic (exact) mass is 262 g/mol. The number of nitrogens with zero attached hydrogens (tertiary/aromatic N) is 2. The van der Waals surface area contributed by atoms with Crippen molar-refractivity contribution in [3.8, 4) is 0 Å². The van der Waals surface area contributed by atoms with Crippen LogP contribution in [0.2, 0.25) is 0 Å². The van der Waals surface area contributed by atoms with Crippen LogP contribution in [0.3, 0.4) is 0 Å². The Morgan fingerprint density at radius 1 is 1.53 bits per heavy atom. The van der Waals surface area contributed by atoms with E-state index in [-0.39, 0.29) is 24.3 Å². The van der Waals surface area contributed by atoms with Crippen molar-refractivity contribution >= 4 is 5.91 Å². The lowest BCUT2D eigenvalue weighted by Crippen LogP contribution is -2.25. The second kappa shape index (κ2) is 5.47. The van der Waals surface area contributed by atoms with E-state index in [1.54, 1.807) is 12.3 Å². The summed E-state index contributed by atoms with van der Waals surface area (Å²) in [6, 6.07) is 3.65. The van der Waals surface area contributed by atoms with Gasteiger partial charge in [-0.15, -0.1) is 5.10 Å². The molecule has 19 heavy (non-hydrogen) atoms. The van der Waals surface area contributed by atoms with Gasteiger partial charge in [-0.05, 0) is 17.5 Å². The molecule has 0 bridgehead atoms. The van der Waals surface area contributed by atoms with Crippen LogP contribution in [0.4, 0.5) is 0 Å². The predicted molar refractivity (Wildman–Crippen MR) is 66.6 cm³/mol. The van der Waals surface area contributed by atoms with Crippen molar-refractivity contribution in [3.63, 3.8) is 0 Å². The molecule has 0 aliphatic carbocycles. The largest absolute Gasteiger partial charge is 0.434 e. The third-order valence-corrected chi connectivity index (χ3v) is 2.56. The van der Waals surface area contributed by atoms with Gasteiger partial charge in [0.15, 0.2) is 0 Å². The maximum absolute atomic E-state index is 12.0. The quantitative estimate of drug-likeness (QED) is 0.849. The molecule has 1 amide bonds. The molecule has 0 spiro atoms. The summed E-state index contributed by atoms with van der Waals surface area (Å²) >= 11 is 0. The highest BCUT2D eigenvalue weighted by Gasteiger charge is 2.15. The summed E-state index contributed by atoms with van der Waals surface area (Å²) in [5.74, 6) is -0.655. The van der Waals surface area contributed by atoms with E-state index in [4.69, 9.17) is 4.42 Å². The van der Waals surface area contributed by atoms with Gasteiger partial charge in [-0.2, -0.15) is 0 Å². The molecule has 7 nitrogen and oxygen atoms in total. The maximum Gasteiger partial charge on any atom is 0.434 e. The summed E-state index contributed by atoms with van der Waals surface area (Å²) in [5.41, 5.74) is 1.24. The lowest BCUT2D eigenvalue weighted by molar-refractivity contribution is 0.0940. The van der Waals surface area contributed by atoms with E-state index in [1.807, 2.05) is 19.9 Å². The van der Waals surface area contributed by atoms with Gasteiger partial charge >= 0.3 is 5.76 Å². The molecule has 2 N–H and O–H groups in total. The molecule has 2 aromatic heterocycles. The number of rotatable bonds is 4. The maximum atomic E-state index is 12.0. The fourth-order valence-electron chi connectivity index (χ4n) is 1.65. The third kappa shape index (κ3) is 3.06. The van der Waals surface area contributed by atoms with Crippen LogP contribution in [0.1, 0.15) is 41.7 Å². The number of hydrogen-bond donors (Lipinski definition) is 2. The minimum Gasteiger partial charge on any atom is -0.391 e. The average molecular weight is 262 g/mol. The van der Waals surface area contributed by atoms with Crippen LogP contribution >= 0.6 is 0 Å². The van der Waals surface area contributed by atoms with Crippen LogP contribution in [0.15, 0.2) is 27.5 Å². The molecule has 2 heterocycles. The highest BCUT2D eigenvalue weighted by atomic mass is 16.4. The highest BCUT2D eigenvalue weighted by molar-refractivity contribution is 5.93. The van der Waals surface area contributed by atoms with E-state index < -0.39 is 5.76 Å². The molecule has 0 aromatic carbocycles. The van der Waals surface area contributed by atoms with Crippen molar-refractivity contribution in [1.29, 1.82) is 0 Å². The van der Waals surface area contributed by atoms with E-state index in [2.05, 4.69) is 20.5 Å². The normalized spacial score (nSPS) is 10.7. The first kappa shape index (κ1) is 13.0. The summed E-state index contributed by atoms with van der Waals surface area (Å²) < 4.78 is 4.69. The first-order valence-corrected chi connectivity index (χ1v) is 5.85. The van der Waals surface area contributed by atoms with Crippen LogP contribution in [-0.4, -0.2) is 21.1 Å². The minimum atomic E-state index is -0.648. The van der Waals surface area contributed by atoms with Gasteiger partial charge in [-0.3, -0.25) is 9.78 Å². The molecule has 0 unspecified atom stereocenters. The van der Waals surface area contributed by atoms with Gasteiger partial charge in [0.25, 0.3) is 5.91 Å². The second-order valence-corrected chi connectivity index (χ2v) is 4.29. The van der Waals surface area contributed by atoms with E-state index in [0.717, 1.165) is 5.56 Å². The Hall–Kier alpha value is -2.44. The van der Waals surface area contributed by atoms with Gasteiger partial charge in [-0.25, -0.2) is 9.89 Å². The molecule has 0 saturated carbocycles. The standard InChI is InChI=1S/C12H14N4O3/c1-7(2)8-4-3-5-13-10(8)11(17)14-6-9-15-16-12(18)19-9/h3-5,7H,6H2,1-2H3,(H,14,17)(H,16,18). The van der Waals surface area contributed by atoms with Crippen molar-refractivity contribution in [2.75, 3.05) is 0 Å². The van der Waals surface area contributed by atoms with E-state index in [1.165, 1.54) is 0 Å². The van der Waals surface area contributed by atoms with Gasteiger partial charge in [0.2, 0.25) is 5.89 Å². The number of aromatic amines is 1. The van der Waals surface area contributed by atoms with Gasteiger partial charge in [0.05, 0.1) is 6.54 Å². The number of hydrogen-bond acceptors (Lipinski definition) is 5. The molecular formula is C12H14N4O3. The lowest BCUT2D eigenvalue weighted by Gasteiger charge is -2.10. The van der Waals surface area contributed by atoms with Gasteiger partial charge in [0.1, 0.15) is 5.69 Å². The predicted octanol–water partition coefficient (Wildman–Crippen LogP) is 0.811. The number of carbonyl (C=O) groups is 1. The molecule has 2 rings (SSSR count). The summed E-state index contributed by atoms with van der Waals surface area (Å²) in [4.78, 5) is 26.8. The molecule has 2 aromatic rings. The zero-order valence-corrected chi connectivity index (χ0v) is 10.6. The van der Waals surface area contributed by atoms with Crippen LogP contribution < -0.4 is 11.1 Å². The Morgan fingerprint density at radius 3 is 2.95 bits per heavy atom. The zero-order chi connectivity index (χ0) is 13.8. The Labute approximate surface area is 109 Å². The average Bonchev–Trinajstić information content (AvgIpc) is 2.81. The summed E-state index contributed by atoms with van der Waals surface area (Å²) in [7, 11) is 0. The van der Waals surface area contributed by atoms with Gasteiger partial charge < -0.3 is 9.73 Å². The lowest BCUT2D eigenvalue weighted by atomic mass is 10.0. The van der Waals surface area contributed by atoms with Crippen LogP contribution in [0.25, 0.3) is 0 Å². The Balaban J connectivity index is 2.10. The van der Waals surface area contributed by atoms with Gasteiger partial charge in [0, 0.05) is 6.20 Å². The number of H-pyrrole nitrogens is 1. The van der Waals surface area contributed by atoms with Crippen molar-refractivity contribution < 1.29 is 9.21 Å². The van der Waals surface area contributed by atoms with E-state index in [0.29, 0.717) is 5.69 Å². The molecule has 0 aliphatic heterocycles. The van der Waals surface area contributed by atoms with E-state index in [9.17, 15) is 9.59 Å². The number of amides is 1. The van der Waals surface area contributed by atoms with Crippen molar-refractivity contribution in [1.82, 2.24) is 20.5 Å². The Kier molecular flexibility index (Phi) is 3.74. The molecule has 0 fully saturated rings. The zero-order valence-electron chi connectivity index (χ0n) is 10.6. The van der Waals surface area contributed by atoms with Gasteiger partial charge in [-0.1, -0.05) is 19.9 Å². The highest BCUT2D eigenvalue weighted by Crippen LogP contribution is 2.16. The second-order valence-electron chi connectivity index (χ2n) is 4.29. The third-order valence-electron chi connectivity index (χ3n) is 2.56. The molecule has 0 saturated heterocycles. The molecule has 0 aliphatic rings. The topological polar surface area (TPSA) is 101 Å². The minimum absolute atomic E-state index is 0.0334. The first-order chi connectivity index (χ1) is 9.08. The SMILES string of the molecule is CC(C)c1cccnc1C(=O)NCc1n[nH]c(=O)o1. The van der Waals surface area contributed by atoms with Crippen LogP contribution in [0, 0.1) is 0 Å². The summed E-state index contributed by atoms with van der Waals surface area (Å²) in [5, 5.41) is 8.33. The van der Waals surface area contributed by atoms with Crippen molar-refractivity contribution in [2.24, 2.45) is 0 Å². The van der Waals surface area contributed by atoms with Crippen molar-refractivity contribution in [3.05, 3.63) is 46.0 Å². The Bertz CT molecular complexity index is 630. The van der Waals surface area contributed by atoms with Crippen LogP contribution in [-0.2, 0) is 6.54 Å². The Morgan fingerprint density at radius 2 is 2.32 bits per heavy atom. The molecular weight excluding hydrogens is 248 g/mol. The first-order valence-electron chi connectivity index (χ1n) is 5.85. The fraction of sp³-hybridized carbons (Fsp3) is 0.333. The fourth-order valence-corrected chi connectivity index (χ4v) is 1.65. The molecule has 7 heteroatoms. The number of pyridine rings is 1.